The molecule has 2 fully saturated rings. The third-order valence-electron chi connectivity index (χ3n) is 4.43. The maximum atomic E-state index is 13.7. The van der Waals surface area contributed by atoms with Crippen LogP contribution in [-0.4, -0.2) is 23.8 Å². The molecule has 23 heavy (non-hydrogen) atoms. The van der Waals surface area contributed by atoms with Gasteiger partial charge >= 0.3 is 7.67 Å². The van der Waals surface area contributed by atoms with Gasteiger partial charge in [-0.25, -0.2) is 8.96 Å². The van der Waals surface area contributed by atoms with Crippen molar-refractivity contribution >= 4 is 13.4 Å². The van der Waals surface area contributed by atoms with Gasteiger partial charge in [-0.2, -0.15) is 4.67 Å². The molecule has 2 aromatic carbocycles. The summed E-state index contributed by atoms with van der Waals surface area (Å²) >= 11 is 0. The maximum absolute atomic E-state index is 13.7. The van der Waals surface area contributed by atoms with E-state index in [0.717, 1.165) is 25.1 Å². The Labute approximate surface area is 135 Å². The minimum Gasteiger partial charge on any atom is -0.418 e. The summed E-state index contributed by atoms with van der Waals surface area (Å²) in [6.45, 7) is 1.43. The second kappa shape index (κ2) is 5.66. The average Bonchev–Trinajstić information content (AvgIpc) is 3.11. The number of fused-ring (bicyclic) bond motifs is 1. The Balaban J connectivity index is 1.73. The Bertz CT molecular complexity index is 755. The quantitative estimate of drug-likeness (QED) is 0.785. The highest BCUT2D eigenvalue weighted by Crippen LogP contribution is 2.62. The Morgan fingerprint density at radius 1 is 1.13 bits per heavy atom. The monoisotopic (exact) mass is 332 g/mol. The summed E-state index contributed by atoms with van der Waals surface area (Å²) in [6, 6.07) is 15.7. The van der Waals surface area contributed by atoms with E-state index in [1.165, 1.54) is 12.1 Å². The van der Waals surface area contributed by atoms with E-state index in [0.29, 0.717) is 12.3 Å². The van der Waals surface area contributed by atoms with Gasteiger partial charge in [-0.05, 0) is 37.1 Å². The van der Waals surface area contributed by atoms with Gasteiger partial charge in [0.25, 0.3) is 0 Å². The van der Waals surface area contributed by atoms with Crippen LogP contribution in [0.25, 0.3) is 0 Å². The van der Waals surface area contributed by atoms with Crippen molar-refractivity contribution in [3.63, 3.8) is 0 Å². The van der Waals surface area contributed by atoms with Crippen molar-refractivity contribution in [2.24, 2.45) is 0 Å². The summed E-state index contributed by atoms with van der Waals surface area (Å²) in [5.74, 6) is -0.0839. The molecule has 0 aliphatic carbocycles. The molecule has 0 radical (unpaired) electrons. The van der Waals surface area contributed by atoms with Gasteiger partial charge < -0.3 is 4.52 Å². The fourth-order valence-corrected chi connectivity index (χ4v) is 6.08. The molecule has 0 bridgehead atoms. The predicted octanol–water partition coefficient (Wildman–Crippen LogP) is 4.30. The Morgan fingerprint density at radius 2 is 1.96 bits per heavy atom. The van der Waals surface area contributed by atoms with E-state index in [4.69, 9.17) is 4.52 Å². The van der Waals surface area contributed by atoms with Gasteiger partial charge in [-0.1, -0.05) is 24.3 Å². The van der Waals surface area contributed by atoms with Crippen LogP contribution >= 0.6 is 7.67 Å². The first kappa shape index (κ1) is 14.7. The third kappa shape index (κ3) is 2.54. The number of benzene rings is 2. The van der Waals surface area contributed by atoms with Gasteiger partial charge in [0.2, 0.25) is 0 Å². The fraction of sp³-hybridized carbons (Fsp3) is 0.294. The zero-order chi connectivity index (χ0) is 15.9. The highest BCUT2D eigenvalue weighted by molar-refractivity contribution is 7.59. The van der Waals surface area contributed by atoms with Gasteiger partial charge in [-0.3, -0.25) is 4.67 Å². The van der Waals surface area contributed by atoms with Crippen molar-refractivity contribution in [1.29, 1.82) is 0 Å². The number of rotatable bonds is 3. The van der Waals surface area contributed by atoms with Gasteiger partial charge in [0, 0.05) is 30.9 Å². The first-order valence-corrected chi connectivity index (χ1v) is 9.35. The summed E-state index contributed by atoms with van der Waals surface area (Å²) in [7, 11) is -3.25. The first-order valence-electron chi connectivity index (χ1n) is 7.82. The molecule has 120 valence electrons. The molecule has 0 spiro atoms. The highest BCUT2D eigenvalue weighted by atomic mass is 31.2. The van der Waals surface area contributed by atoms with Crippen LogP contribution in [0, 0.1) is 5.82 Å². The standard InChI is InChI=1S/C17H18FN2O2P/c18-14-6-4-10-17(12-14)22-23(21)19-11-5-9-16(19)13-20(23)15-7-2-1-3-8-15/h1-4,6-8,10,12,16H,5,9,11,13H2/t16-,23+/m0/s1. The first-order chi connectivity index (χ1) is 11.2. The molecule has 2 aromatic rings. The van der Waals surface area contributed by atoms with Crippen LogP contribution in [0.3, 0.4) is 0 Å². The molecule has 4 rings (SSSR count). The van der Waals surface area contributed by atoms with Crippen LogP contribution in [0.2, 0.25) is 0 Å². The lowest BCUT2D eigenvalue weighted by atomic mass is 10.2. The lowest BCUT2D eigenvalue weighted by Crippen LogP contribution is -2.23. The zero-order valence-corrected chi connectivity index (χ0v) is 13.5. The fourth-order valence-electron chi connectivity index (χ4n) is 3.39. The highest BCUT2D eigenvalue weighted by Gasteiger charge is 2.53. The van der Waals surface area contributed by atoms with E-state index in [1.807, 2.05) is 39.7 Å². The van der Waals surface area contributed by atoms with E-state index in [2.05, 4.69) is 0 Å². The van der Waals surface area contributed by atoms with Gasteiger partial charge in [0.05, 0.1) is 0 Å². The van der Waals surface area contributed by atoms with Crippen molar-refractivity contribution in [2.75, 3.05) is 17.8 Å². The van der Waals surface area contributed by atoms with Gasteiger partial charge in [-0.15, -0.1) is 0 Å². The normalized spacial score (nSPS) is 27.2. The second-order valence-corrected chi connectivity index (χ2v) is 8.08. The van der Waals surface area contributed by atoms with Gasteiger partial charge in [0.1, 0.15) is 11.6 Å². The van der Waals surface area contributed by atoms with E-state index in [1.54, 1.807) is 12.1 Å². The predicted molar refractivity (Wildman–Crippen MR) is 88.2 cm³/mol. The molecule has 0 aromatic heterocycles. The molecule has 0 saturated carbocycles. The summed E-state index contributed by atoms with van der Waals surface area (Å²) < 4.78 is 36.9. The molecule has 0 amide bonds. The Hall–Kier alpha value is -1.84. The minimum atomic E-state index is -3.25. The van der Waals surface area contributed by atoms with Crippen molar-refractivity contribution in [3.05, 3.63) is 60.4 Å². The molecule has 2 aliphatic rings. The molecule has 2 saturated heterocycles. The number of hydrogen-bond acceptors (Lipinski definition) is 2. The van der Waals surface area contributed by atoms with Crippen LogP contribution in [-0.2, 0) is 4.57 Å². The number of nitrogens with zero attached hydrogens (tertiary/aromatic N) is 2. The number of hydrogen-bond donors (Lipinski definition) is 0. The zero-order valence-electron chi connectivity index (χ0n) is 12.6. The molecular weight excluding hydrogens is 314 g/mol. The topological polar surface area (TPSA) is 32.8 Å². The van der Waals surface area contributed by atoms with Crippen LogP contribution in [0.1, 0.15) is 12.8 Å². The summed E-state index contributed by atoms with van der Waals surface area (Å²) in [4.78, 5) is 0. The molecule has 6 heteroatoms. The van der Waals surface area contributed by atoms with E-state index in [9.17, 15) is 8.96 Å². The Morgan fingerprint density at radius 3 is 2.74 bits per heavy atom. The van der Waals surface area contributed by atoms with Gasteiger partial charge in [0.15, 0.2) is 0 Å². The van der Waals surface area contributed by atoms with Crippen molar-refractivity contribution in [2.45, 2.75) is 18.9 Å². The van der Waals surface area contributed by atoms with Crippen LogP contribution < -0.4 is 9.19 Å². The van der Waals surface area contributed by atoms with E-state index < -0.39 is 13.5 Å². The van der Waals surface area contributed by atoms with Crippen molar-refractivity contribution in [3.8, 4) is 5.75 Å². The Kier molecular flexibility index (Phi) is 3.63. The number of para-hydroxylation sites is 1. The molecule has 2 heterocycles. The average molecular weight is 332 g/mol. The molecule has 0 unspecified atom stereocenters. The molecule has 2 atom stereocenters. The number of anilines is 1. The second-order valence-electron chi connectivity index (χ2n) is 5.92. The third-order valence-corrected chi connectivity index (χ3v) is 7.06. The lowest BCUT2D eigenvalue weighted by molar-refractivity contribution is 0.374. The van der Waals surface area contributed by atoms with Crippen molar-refractivity contribution in [1.82, 2.24) is 4.67 Å². The van der Waals surface area contributed by atoms with Crippen LogP contribution in [0.5, 0.6) is 5.75 Å². The molecular formula is C17H18FN2O2P. The van der Waals surface area contributed by atoms with E-state index in [-0.39, 0.29) is 6.04 Å². The van der Waals surface area contributed by atoms with E-state index >= 15 is 0 Å². The summed E-state index contributed by atoms with van der Waals surface area (Å²) in [6.07, 6.45) is 2.03. The van der Waals surface area contributed by atoms with Crippen LogP contribution in [0.4, 0.5) is 10.1 Å². The molecule has 4 nitrogen and oxygen atoms in total. The maximum Gasteiger partial charge on any atom is 0.422 e. The number of halogens is 1. The largest absolute Gasteiger partial charge is 0.422 e. The SMILES string of the molecule is O=[P@]1(Oc2cccc(F)c2)N(c2ccccc2)C[C@@H]2CCCN21. The lowest BCUT2D eigenvalue weighted by Gasteiger charge is -2.30. The van der Waals surface area contributed by atoms with Crippen LogP contribution in [0.15, 0.2) is 54.6 Å². The summed E-state index contributed by atoms with van der Waals surface area (Å²) in [5.41, 5.74) is 0.877. The smallest absolute Gasteiger partial charge is 0.418 e. The molecule has 0 N–H and O–H groups in total. The van der Waals surface area contributed by atoms with Crippen molar-refractivity contribution < 1.29 is 13.5 Å². The minimum absolute atomic E-state index is 0.231. The molecule has 2 aliphatic heterocycles. The summed E-state index contributed by atoms with van der Waals surface area (Å²) in [5, 5.41) is 0.